The molecule has 1 aromatic carbocycles. The maximum Gasteiger partial charge on any atom is 0.141 e. The molecule has 0 spiro atoms. The Hall–Kier alpha value is -1.98. The summed E-state index contributed by atoms with van der Waals surface area (Å²) in [5, 5.41) is 13.1. The van der Waals surface area contributed by atoms with Crippen LogP contribution in [-0.4, -0.2) is 29.3 Å². The molecule has 0 aliphatic rings. The molecule has 1 aromatic heterocycles. The van der Waals surface area contributed by atoms with Crippen LogP contribution >= 0.6 is 0 Å². The van der Waals surface area contributed by atoms with Gasteiger partial charge in [-0.3, -0.25) is 4.98 Å². The van der Waals surface area contributed by atoms with Gasteiger partial charge in [0.05, 0.1) is 6.20 Å². The van der Waals surface area contributed by atoms with Crippen molar-refractivity contribution in [3.63, 3.8) is 0 Å². The number of nitrogens with one attached hydrogen (secondary N) is 1. The van der Waals surface area contributed by atoms with Crippen molar-refractivity contribution in [3.8, 4) is 5.75 Å². The Bertz CT molecular complexity index is 607. The number of nitrogens with zero attached hydrogens (tertiary/aromatic N) is 1. The number of aliphatic hydroxyl groups is 1. The van der Waals surface area contributed by atoms with E-state index in [0.29, 0.717) is 6.54 Å². The number of aromatic nitrogens is 1. The van der Waals surface area contributed by atoms with Crippen LogP contribution in [0.5, 0.6) is 5.75 Å². The van der Waals surface area contributed by atoms with Crippen LogP contribution in [-0.2, 0) is 0 Å². The molecular weight excluding hydrogens is 283 g/mol. The highest BCUT2D eigenvalue weighted by Gasteiger charge is 2.10. The quantitative estimate of drug-likeness (QED) is 0.825. The van der Waals surface area contributed by atoms with Gasteiger partial charge in [-0.1, -0.05) is 12.1 Å². The standard InChI is InChI=1S/C17H21FN2O2/c1-12-4-3-5-17(6-12)22-11-16(21)10-20-13(2)14-7-15(18)9-19-8-14/h3-9,13,16,20-21H,10-11H2,1-2H3/t13-,16+/m0/s1. The molecule has 0 fully saturated rings. The molecule has 0 unspecified atom stereocenters. The van der Waals surface area contributed by atoms with Gasteiger partial charge < -0.3 is 15.2 Å². The largest absolute Gasteiger partial charge is 0.491 e. The molecule has 5 heteroatoms. The lowest BCUT2D eigenvalue weighted by atomic mass is 10.1. The lowest BCUT2D eigenvalue weighted by Gasteiger charge is -2.18. The molecule has 0 aliphatic heterocycles. The fourth-order valence-corrected chi connectivity index (χ4v) is 2.05. The van der Waals surface area contributed by atoms with E-state index < -0.39 is 6.10 Å². The van der Waals surface area contributed by atoms with Gasteiger partial charge in [0.15, 0.2) is 0 Å². The summed E-state index contributed by atoms with van der Waals surface area (Å²) < 4.78 is 18.7. The second kappa shape index (κ2) is 7.87. The molecule has 1 heterocycles. The minimum absolute atomic E-state index is 0.100. The average Bonchev–Trinajstić information content (AvgIpc) is 2.50. The molecule has 0 amide bonds. The topological polar surface area (TPSA) is 54.4 Å². The fourth-order valence-electron chi connectivity index (χ4n) is 2.05. The first-order valence-corrected chi connectivity index (χ1v) is 7.26. The first-order chi connectivity index (χ1) is 10.5. The van der Waals surface area contributed by atoms with E-state index in [9.17, 15) is 9.50 Å². The number of ether oxygens (including phenoxy) is 1. The lowest BCUT2D eigenvalue weighted by molar-refractivity contribution is 0.104. The average molecular weight is 304 g/mol. The van der Waals surface area contributed by atoms with Crippen molar-refractivity contribution in [2.75, 3.05) is 13.2 Å². The predicted octanol–water partition coefficient (Wildman–Crippen LogP) is 2.62. The minimum Gasteiger partial charge on any atom is -0.491 e. The number of pyridine rings is 1. The highest BCUT2D eigenvalue weighted by molar-refractivity contribution is 5.27. The summed E-state index contributed by atoms with van der Waals surface area (Å²) in [7, 11) is 0. The summed E-state index contributed by atoms with van der Waals surface area (Å²) in [4.78, 5) is 3.81. The molecule has 0 saturated heterocycles. The van der Waals surface area contributed by atoms with Gasteiger partial charge in [-0.2, -0.15) is 0 Å². The fraction of sp³-hybridized carbons (Fsp3) is 0.353. The van der Waals surface area contributed by atoms with Crippen LogP contribution in [0.3, 0.4) is 0 Å². The minimum atomic E-state index is -0.649. The molecule has 2 atom stereocenters. The summed E-state index contributed by atoms with van der Waals surface area (Å²) in [5.74, 6) is 0.371. The maximum atomic E-state index is 13.1. The van der Waals surface area contributed by atoms with Gasteiger partial charge in [-0.05, 0) is 43.2 Å². The number of halogens is 1. The Morgan fingerprint density at radius 2 is 2.14 bits per heavy atom. The molecule has 22 heavy (non-hydrogen) atoms. The van der Waals surface area contributed by atoms with Crippen LogP contribution in [0.2, 0.25) is 0 Å². The SMILES string of the molecule is Cc1cccc(OC[C@H](O)CN[C@@H](C)c2cncc(F)c2)c1. The number of rotatable bonds is 7. The Morgan fingerprint density at radius 3 is 2.86 bits per heavy atom. The van der Waals surface area contributed by atoms with Crippen LogP contribution in [0.25, 0.3) is 0 Å². The summed E-state index contributed by atoms with van der Waals surface area (Å²) in [6.07, 6.45) is 2.13. The molecule has 2 rings (SSSR count). The van der Waals surface area contributed by atoms with Gasteiger partial charge in [0.2, 0.25) is 0 Å². The molecule has 118 valence electrons. The molecule has 0 saturated carbocycles. The van der Waals surface area contributed by atoms with Crippen molar-refractivity contribution in [2.45, 2.75) is 26.0 Å². The van der Waals surface area contributed by atoms with E-state index in [1.54, 1.807) is 6.20 Å². The zero-order valence-corrected chi connectivity index (χ0v) is 12.8. The van der Waals surface area contributed by atoms with Gasteiger partial charge >= 0.3 is 0 Å². The summed E-state index contributed by atoms with van der Waals surface area (Å²) >= 11 is 0. The molecule has 2 aromatic rings. The highest BCUT2D eigenvalue weighted by atomic mass is 19.1. The predicted molar refractivity (Wildman–Crippen MR) is 83.3 cm³/mol. The van der Waals surface area contributed by atoms with E-state index in [4.69, 9.17) is 4.74 Å². The number of hydrogen-bond acceptors (Lipinski definition) is 4. The zero-order valence-electron chi connectivity index (χ0n) is 12.8. The summed E-state index contributed by atoms with van der Waals surface area (Å²) in [6, 6.07) is 9.00. The van der Waals surface area contributed by atoms with Crippen LogP contribution in [0.1, 0.15) is 24.1 Å². The maximum absolute atomic E-state index is 13.1. The van der Waals surface area contributed by atoms with Crippen molar-refractivity contribution < 1.29 is 14.2 Å². The van der Waals surface area contributed by atoms with Gasteiger partial charge in [0.25, 0.3) is 0 Å². The second-order valence-corrected chi connectivity index (χ2v) is 5.35. The second-order valence-electron chi connectivity index (χ2n) is 5.35. The smallest absolute Gasteiger partial charge is 0.141 e. The summed E-state index contributed by atoms with van der Waals surface area (Å²) in [5.41, 5.74) is 1.85. The van der Waals surface area contributed by atoms with E-state index in [1.165, 1.54) is 12.3 Å². The Morgan fingerprint density at radius 1 is 1.32 bits per heavy atom. The third kappa shape index (κ3) is 5.09. The van der Waals surface area contributed by atoms with E-state index >= 15 is 0 Å². The highest BCUT2D eigenvalue weighted by Crippen LogP contribution is 2.13. The Kier molecular flexibility index (Phi) is 5.86. The van der Waals surface area contributed by atoms with Gasteiger partial charge in [0, 0.05) is 18.8 Å². The van der Waals surface area contributed by atoms with Gasteiger partial charge in [-0.25, -0.2) is 4.39 Å². The first-order valence-electron chi connectivity index (χ1n) is 7.26. The van der Waals surface area contributed by atoms with Crippen molar-refractivity contribution in [2.24, 2.45) is 0 Å². The third-order valence-electron chi connectivity index (χ3n) is 3.32. The number of aliphatic hydroxyl groups excluding tert-OH is 1. The van der Waals surface area contributed by atoms with E-state index in [0.717, 1.165) is 16.9 Å². The molecule has 2 N–H and O–H groups in total. The first kappa shape index (κ1) is 16.4. The van der Waals surface area contributed by atoms with E-state index in [1.807, 2.05) is 38.1 Å². The van der Waals surface area contributed by atoms with E-state index in [2.05, 4.69) is 10.3 Å². The van der Waals surface area contributed by atoms with Crippen LogP contribution in [0, 0.1) is 12.7 Å². The lowest BCUT2D eigenvalue weighted by Crippen LogP contribution is -2.33. The van der Waals surface area contributed by atoms with Crippen molar-refractivity contribution in [1.29, 1.82) is 0 Å². The van der Waals surface area contributed by atoms with Gasteiger partial charge in [0.1, 0.15) is 24.3 Å². The van der Waals surface area contributed by atoms with Crippen molar-refractivity contribution in [3.05, 3.63) is 59.7 Å². The molecule has 0 bridgehead atoms. The van der Waals surface area contributed by atoms with Crippen LogP contribution in [0.4, 0.5) is 4.39 Å². The monoisotopic (exact) mass is 304 g/mol. The van der Waals surface area contributed by atoms with Crippen LogP contribution < -0.4 is 10.1 Å². The van der Waals surface area contributed by atoms with Gasteiger partial charge in [-0.15, -0.1) is 0 Å². The van der Waals surface area contributed by atoms with Crippen molar-refractivity contribution >= 4 is 0 Å². The molecule has 0 aliphatic carbocycles. The number of hydrogen-bond donors (Lipinski definition) is 2. The van der Waals surface area contributed by atoms with Crippen molar-refractivity contribution in [1.82, 2.24) is 10.3 Å². The molecule has 0 radical (unpaired) electrons. The Labute approximate surface area is 130 Å². The third-order valence-corrected chi connectivity index (χ3v) is 3.32. The zero-order chi connectivity index (χ0) is 15.9. The molecular formula is C17H21FN2O2. The normalized spacial score (nSPS) is 13.6. The van der Waals surface area contributed by atoms with E-state index in [-0.39, 0.29) is 18.5 Å². The number of benzene rings is 1. The summed E-state index contributed by atoms with van der Waals surface area (Å²) in [6.45, 7) is 4.43. The van der Waals surface area contributed by atoms with Crippen LogP contribution in [0.15, 0.2) is 42.7 Å². The Balaban J connectivity index is 1.76. The number of aryl methyl sites for hydroxylation is 1. The molecule has 4 nitrogen and oxygen atoms in total.